The number of nitrogens with zero attached hydrogens (tertiary/aromatic N) is 5. The van der Waals surface area contributed by atoms with Crippen LogP contribution in [0.2, 0.25) is 0 Å². The van der Waals surface area contributed by atoms with E-state index in [1.54, 1.807) is 6.20 Å². The molecule has 2 saturated heterocycles. The average Bonchev–Trinajstić information content (AvgIpc) is 2.93. The van der Waals surface area contributed by atoms with Gasteiger partial charge in [0.05, 0.1) is 45.3 Å². The molecule has 1 aromatic carbocycles. The van der Waals surface area contributed by atoms with Gasteiger partial charge in [-0.25, -0.2) is 15.0 Å². The largest absolute Gasteiger partial charge is 0.392 e. The number of hydrogen-bond donors (Lipinski definition) is 3. The molecule has 3 N–H and O–H groups in total. The smallest absolute Gasteiger partial charge is 0.227 e. The number of benzene rings is 1. The third-order valence-electron chi connectivity index (χ3n) is 6.38. The molecular weight excluding hydrogens is 458 g/mol. The first-order chi connectivity index (χ1) is 17.7. The Balaban J connectivity index is 1.34. The Hall–Kier alpha value is -3.47. The molecular formula is C26H33N7O3. The lowest BCUT2D eigenvalue weighted by Crippen LogP contribution is -2.39. The average molecular weight is 492 g/mol. The number of aliphatic hydroxyl groups excluding tert-OH is 1. The fraction of sp³-hybridized carbons (Fsp3) is 0.423. The number of aromatic nitrogens is 3. The molecule has 0 amide bonds. The van der Waals surface area contributed by atoms with Crippen LogP contribution in [0.5, 0.6) is 0 Å². The lowest BCUT2D eigenvalue weighted by atomic mass is 10.1. The number of nitrogens with one attached hydrogen (secondary N) is 2. The summed E-state index contributed by atoms with van der Waals surface area (Å²) < 4.78 is 11.1. The van der Waals surface area contributed by atoms with Crippen molar-refractivity contribution in [2.24, 2.45) is 0 Å². The van der Waals surface area contributed by atoms with Gasteiger partial charge in [0.2, 0.25) is 5.95 Å². The molecule has 0 bridgehead atoms. The molecule has 2 aliphatic rings. The van der Waals surface area contributed by atoms with E-state index >= 15 is 0 Å². The van der Waals surface area contributed by atoms with Crippen LogP contribution >= 0.6 is 0 Å². The first-order valence-electron chi connectivity index (χ1n) is 12.4. The van der Waals surface area contributed by atoms with Gasteiger partial charge in [-0.3, -0.25) is 0 Å². The first-order valence-corrected chi connectivity index (χ1v) is 12.4. The summed E-state index contributed by atoms with van der Waals surface area (Å²) in [5.41, 5.74) is 4.72. The molecule has 0 atom stereocenters. The van der Waals surface area contributed by atoms with E-state index in [0.29, 0.717) is 38.9 Å². The van der Waals surface area contributed by atoms with E-state index in [9.17, 15) is 5.11 Å². The maximum atomic E-state index is 9.44. The van der Waals surface area contributed by atoms with Crippen LogP contribution in [0, 0.1) is 6.92 Å². The summed E-state index contributed by atoms with van der Waals surface area (Å²) in [6.45, 7) is 8.65. The number of pyridine rings is 1. The minimum Gasteiger partial charge on any atom is -0.392 e. The Labute approximate surface area is 211 Å². The van der Waals surface area contributed by atoms with Gasteiger partial charge in [-0.1, -0.05) is 12.1 Å². The fourth-order valence-corrected chi connectivity index (χ4v) is 4.31. The Kier molecular flexibility index (Phi) is 7.75. The highest BCUT2D eigenvalue weighted by atomic mass is 16.5. The van der Waals surface area contributed by atoms with Crippen LogP contribution in [0.25, 0.3) is 0 Å². The van der Waals surface area contributed by atoms with Crippen LogP contribution in [0.4, 0.5) is 29.0 Å². The summed E-state index contributed by atoms with van der Waals surface area (Å²) in [5.74, 6) is 2.37. The minimum absolute atomic E-state index is 0.0152. The van der Waals surface area contributed by atoms with E-state index in [0.717, 1.165) is 66.0 Å². The summed E-state index contributed by atoms with van der Waals surface area (Å²) in [6, 6.07) is 11.9. The quantitative estimate of drug-likeness (QED) is 0.435. The van der Waals surface area contributed by atoms with Crippen molar-refractivity contribution in [2.45, 2.75) is 20.1 Å². The SMILES string of the molecule is Cc1ccc(CO)cc1NCc1ccnc(Nc2cc(N3CCOCC3)nc(N3CCOCC3)c2)n1. The predicted octanol–water partition coefficient (Wildman–Crippen LogP) is 2.70. The number of hydrogen-bond acceptors (Lipinski definition) is 10. The van der Waals surface area contributed by atoms with Gasteiger partial charge in [0.25, 0.3) is 0 Å². The summed E-state index contributed by atoms with van der Waals surface area (Å²) in [6.07, 6.45) is 1.76. The van der Waals surface area contributed by atoms with Crippen molar-refractivity contribution in [3.8, 4) is 0 Å². The molecule has 190 valence electrons. The maximum absolute atomic E-state index is 9.44. The topological polar surface area (TPSA) is 108 Å². The Morgan fingerprint density at radius 1 is 0.889 bits per heavy atom. The van der Waals surface area contributed by atoms with Crippen molar-refractivity contribution >= 4 is 29.0 Å². The Bertz CT molecular complexity index is 1130. The number of aliphatic hydroxyl groups is 1. The monoisotopic (exact) mass is 491 g/mol. The number of morpholine rings is 2. The lowest BCUT2D eigenvalue weighted by molar-refractivity contribution is 0.121. The summed E-state index contributed by atoms with van der Waals surface area (Å²) in [4.78, 5) is 18.6. The van der Waals surface area contributed by atoms with Crippen LogP contribution in [0.3, 0.4) is 0 Å². The highest BCUT2D eigenvalue weighted by Gasteiger charge is 2.19. The molecule has 2 aliphatic heterocycles. The number of aryl methyl sites for hydroxylation is 1. The van der Waals surface area contributed by atoms with Crippen LogP contribution in [0.15, 0.2) is 42.6 Å². The zero-order chi connectivity index (χ0) is 24.7. The maximum Gasteiger partial charge on any atom is 0.227 e. The highest BCUT2D eigenvalue weighted by molar-refractivity contribution is 5.65. The van der Waals surface area contributed by atoms with Crippen molar-refractivity contribution in [3.05, 3.63) is 59.4 Å². The first kappa shape index (κ1) is 24.2. The van der Waals surface area contributed by atoms with Gasteiger partial charge in [0, 0.05) is 55.9 Å². The molecule has 36 heavy (non-hydrogen) atoms. The van der Waals surface area contributed by atoms with Crippen molar-refractivity contribution < 1.29 is 14.6 Å². The van der Waals surface area contributed by atoms with Crippen LogP contribution < -0.4 is 20.4 Å². The van der Waals surface area contributed by atoms with Crippen LogP contribution in [-0.2, 0) is 22.6 Å². The van der Waals surface area contributed by atoms with Crippen molar-refractivity contribution in [3.63, 3.8) is 0 Å². The van der Waals surface area contributed by atoms with E-state index < -0.39 is 0 Å². The third kappa shape index (κ3) is 6.01. The Morgan fingerprint density at radius 3 is 2.19 bits per heavy atom. The summed E-state index contributed by atoms with van der Waals surface area (Å²) in [5, 5.41) is 16.3. The lowest BCUT2D eigenvalue weighted by Gasteiger charge is -2.31. The van der Waals surface area contributed by atoms with E-state index in [4.69, 9.17) is 19.4 Å². The summed E-state index contributed by atoms with van der Waals surface area (Å²) in [7, 11) is 0. The number of ether oxygens (including phenoxy) is 2. The molecule has 0 unspecified atom stereocenters. The van der Waals surface area contributed by atoms with Gasteiger partial charge in [0.1, 0.15) is 11.6 Å². The van der Waals surface area contributed by atoms with Gasteiger partial charge >= 0.3 is 0 Å². The molecule has 0 aliphatic carbocycles. The fourth-order valence-electron chi connectivity index (χ4n) is 4.31. The minimum atomic E-state index is 0.0152. The molecule has 0 saturated carbocycles. The van der Waals surface area contributed by atoms with E-state index in [2.05, 4.69) is 25.4 Å². The molecule has 3 aromatic rings. The number of anilines is 5. The molecule has 4 heterocycles. The van der Waals surface area contributed by atoms with Crippen molar-refractivity contribution in [2.75, 3.05) is 73.0 Å². The zero-order valence-corrected chi connectivity index (χ0v) is 20.6. The molecule has 0 spiro atoms. The second-order valence-electron chi connectivity index (χ2n) is 8.93. The van der Waals surface area contributed by atoms with Gasteiger partial charge in [-0.15, -0.1) is 0 Å². The molecule has 0 radical (unpaired) electrons. The second-order valence-corrected chi connectivity index (χ2v) is 8.93. The van der Waals surface area contributed by atoms with Crippen LogP contribution in [0.1, 0.15) is 16.8 Å². The van der Waals surface area contributed by atoms with Crippen LogP contribution in [-0.4, -0.2) is 72.7 Å². The molecule has 5 rings (SSSR count). The van der Waals surface area contributed by atoms with Gasteiger partial charge in [-0.2, -0.15) is 0 Å². The van der Waals surface area contributed by atoms with Gasteiger partial charge < -0.3 is 35.0 Å². The standard InChI is InChI=1S/C26H33N7O3/c1-19-2-3-20(18-34)14-23(19)28-17-21-4-5-27-26(29-21)30-22-15-24(32-6-10-35-11-7-32)31-25(16-22)33-8-12-36-13-9-33/h2-5,14-16,28,34H,6-13,17-18H2,1H3,(H,27,29,30,31). The number of rotatable bonds is 8. The predicted molar refractivity (Wildman–Crippen MR) is 140 cm³/mol. The molecule has 2 fully saturated rings. The van der Waals surface area contributed by atoms with Gasteiger partial charge in [-0.05, 0) is 30.2 Å². The van der Waals surface area contributed by atoms with E-state index in [1.165, 1.54) is 0 Å². The summed E-state index contributed by atoms with van der Waals surface area (Å²) >= 11 is 0. The molecule has 2 aromatic heterocycles. The second kappa shape index (κ2) is 11.5. The highest BCUT2D eigenvalue weighted by Crippen LogP contribution is 2.27. The van der Waals surface area contributed by atoms with E-state index in [1.807, 2.05) is 43.3 Å². The van der Waals surface area contributed by atoms with Gasteiger partial charge in [0.15, 0.2) is 0 Å². The molecule has 10 heteroatoms. The third-order valence-corrected chi connectivity index (χ3v) is 6.38. The zero-order valence-electron chi connectivity index (χ0n) is 20.6. The normalized spacial score (nSPS) is 16.2. The Morgan fingerprint density at radius 2 is 1.56 bits per heavy atom. The van der Waals surface area contributed by atoms with E-state index in [-0.39, 0.29) is 6.61 Å². The molecule has 10 nitrogen and oxygen atoms in total. The van der Waals surface area contributed by atoms with Crippen molar-refractivity contribution in [1.29, 1.82) is 0 Å². The van der Waals surface area contributed by atoms with Crippen molar-refractivity contribution in [1.82, 2.24) is 15.0 Å².